The second-order valence-corrected chi connectivity index (χ2v) is 6.67. The molecule has 0 saturated heterocycles. The van der Waals surface area contributed by atoms with Gasteiger partial charge in [-0.2, -0.15) is 0 Å². The van der Waals surface area contributed by atoms with E-state index in [1.165, 1.54) is 0 Å². The molecule has 0 heterocycles. The number of benzene rings is 2. The third kappa shape index (κ3) is 5.33. The number of anilines is 1. The van der Waals surface area contributed by atoms with E-state index in [1.54, 1.807) is 0 Å². The standard InChI is InChI=1S/C18H21BrClNO2/c1-4-22-17-9-13(16(20)10-18(17)23-12(2)3)11-21-15-7-5-14(19)6-8-15/h5-10,12,21H,4,11H2,1-3H3. The molecule has 0 saturated carbocycles. The van der Waals surface area contributed by atoms with Crippen molar-refractivity contribution in [3.05, 3.63) is 51.5 Å². The first-order valence-corrected chi connectivity index (χ1v) is 8.78. The van der Waals surface area contributed by atoms with E-state index in [-0.39, 0.29) is 6.10 Å². The molecule has 0 amide bonds. The fourth-order valence-electron chi connectivity index (χ4n) is 2.09. The van der Waals surface area contributed by atoms with Gasteiger partial charge in [0.25, 0.3) is 0 Å². The highest BCUT2D eigenvalue weighted by Crippen LogP contribution is 2.34. The highest BCUT2D eigenvalue weighted by atomic mass is 79.9. The van der Waals surface area contributed by atoms with Crippen molar-refractivity contribution in [1.82, 2.24) is 0 Å². The van der Waals surface area contributed by atoms with Crippen LogP contribution in [-0.2, 0) is 6.54 Å². The minimum Gasteiger partial charge on any atom is -0.490 e. The molecule has 5 heteroatoms. The first kappa shape index (κ1) is 18.0. The van der Waals surface area contributed by atoms with Crippen LogP contribution in [0.15, 0.2) is 40.9 Å². The molecule has 1 N–H and O–H groups in total. The smallest absolute Gasteiger partial charge is 0.163 e. The summed E-state index contributed by atoms with van der Waals surface area (Å²) in [5, 5.41) is 4.02. The molecule has 0 aliphatic carbocycles. The molecule has 124 valence electrons. The lowest BCUT2D eigenvalue weighted by molar-refractivity contribution is 0.224. The van der Waals surface area contributed by atoms with E-state index in [1.807, 2.05) is 57.2 Å². The lowest BCUT2D eigenvalue weighted by Gasteiger charge is -2.17. The highest BCUT2D eigenvalue weighted by molar-refractivity contribution is 9.10. The third-order valence-corrected chi connectivity index (χ3v) is 3.98. The van der Waals surface area contributed by atoms with Crippen LogP contribution in [0.4, 0.5) is 5.69 Å². The lowest BCUT2D eigenvalue weighted by atomic mass is 10.2. The van der Waals surface area contributed by atoms with E-state index >= 15 is 0 Å². The maximum atomic E-state index is 6.39. The van der Waals surface area contributed by atoms with E-state index in [2.05, 4.69) is 21.2 Å². The van der Waals surface area contributed by atoms with Crippen LogP contribution in [0.5, 0.6) is 11.5 Å². The van der Waals surface area contributed by atoms with Gasteiger partial charge < -0.3 is 14.8 Å². The van der Waals surface area contributed by atoms with Crippen molar-refractivity contribution in [3.8, 4) is 11.5 Å². The van der Waals surface area contributed by atoms with Crippen molar-refractivity contribution in [1.29, 1.82) is 0 Å². The SMILES string of the molecule is CCOc1cc(CNc2ccc(Br)cc2)c(Cl)cc1OC(C)C. The maximum Gasteiger partial charge on any atom is 0.163 e. The summed E-state index contributed by atoms with van der Waals surface area (Å²) in [5.74, 6) is 1.40. The molecule has 0 aliphatic heterocycles. The van der Waals surface area contributed by atoms with Crippen LogP contribution in [0.25, 0.3) is 0 Å². The van der Waals surface area contributed by atoms with Crippen LogP contribution < -0.4 is 14.8 Å². The Bertz CT molecular complexity index is 644. The second-order valence-electron chi connectivity index (χ2n) is 5.35. The molecule has 0 radical (unpaired) electrons. The molecule has 2 aromatic carbocycles. The van der Waals surface area contributed by atoms with Crippen molar-refractivity contribution in [3.63, 3.8) is 0 Å². The normalized spacial score (nSPS) is 10.7. The topological polar surface area (TPSA) is 30.5 Å². The van der Waals surface area contributed by atoms with Crippen LogP contribution in [0.1, 0.15) is 26.3 Å². The van der Waals surface area contributed by atoms with Crippen LogP contribution in [0.2, 0.25) is 5.02 Å². The monoisotopic (exact) mass is 397 g/mol. The van der Waals surface area contributed by atoms with E-state index in [4.69, 9.17) is 21.1 Å². The Morgan fingerprint density at radius 2 is 1.83 bits per heavy atom. The van der Waals surface area contributed by atoms with Crippen molar-refractivity contribution < 1.29 is 9.47 Å². The van der Waals surface area contributed by atoms with Crippen molar-refractivity contribution in [2.75, 3.05) is 11.9 Å². The van der Waals surface area contributed by atoms with Crippen LogP contribution in [-0.4, -0.2) is 12.7 Å². The zero-order valence-corrected chi connectivity index (χ0v) is 15.9. The molecule has 0 fully saturated rings. The Morgan fingerprint density at radius 1 is 1.13 bits per heavy atom. The maximum absolute atomic E-state index is 6.39. The predicted molar refractivity (Wildman–Crippen MR) is 99.9 cm³/mol. The number of hydrogen-bond donors (Lipinski definition) is 1. The summed E-state index contributed by atoms with van der Waals surface area (Å²) in [6.07, 6.45) is 0.0667. The molecule has 0 bridgehead atoms. The van der Waals surface area contributed by atoms with E-state index in [0.29, 0.717) is 23.9 Å². The van der Waals surface area contributed by atoms with Gasteiger partial charge in [0, 0.05) is 27.8 Å². The molecule has 2 aromatic rings. The van der Waals surface area contributed by atoms with Gasteiger partial charge >= 0.3 is 0 Å². The van der Waals surface area contributed by atoms with Crippen LogP contribution in [0, 0.1) is 0 Å². The molecular formula is C18H21BrClNO2. The molecule has 0 atom stereocenters. The first-order chi connectivity index (χ1) is 11.0. The van der Waals surface area contributed by atoms with Crippen molar-refractivity contribution >= 4 is 33.2 Å². The van der Waals surface area contributed by atoms with Gasteiger partial charge in [-0.15, -0.1) is 0 Å². The minimum absolute atomic E-state index is 0.0667. The average molecular weight is 399 g/mol. The molecule has 0 aliphatic rings. The minimum atomic E-state index is 0.0667. The Morgan fingerprint density at radius 3 is 2.43 bits per heavy atom. The van der Waals surface area contributed by atoms with Crippen LogP contribution >= 0.6 is 27.5 Å². The fraction of sp³-hybridized carbons (Fsp3) is 0.333. The van der Waals surface area contributed by atoms with Gasteiger partial charge in [-0.05, 0) is 56.7 Å². The van der Waals surface area contributed by atoms with Crippen molar-refractivity contribution in [2.24, 2.45) is 0 Å². The number of nitrogens with one attached hydrogen (secondary N) is 1. The summed E-state index contributed by atoms with van der Waals surface area (Å²) >= 11 is 9.82. The third-order valence-electron chi connectivity index (χ3n) is 3.10. The zero-order chi connectivity index (χ0) is 16.8. The predicted octanol–water partition coefficient (Wildman–Crippen LogP) is 5.90. The van der Waals surface area contributed by atoms with Gasteiger partial charge in [-0.1, -0.05) is 27.5 Å². The number of rotatable bonds is 7. The Labute approximate surface area is 151 Å². The quantitative estimate of drug-likeness (QED) is 0.630. The molecule has 3 nitrogen and oxygen atoms in total. The molecule has 0 aromatic heterocycles. The number of halogens is 2. The van der Waals surface area contributed by atoms with Gasteiger partial charge in [0.15, 0.2) is 11.5 Å². The van der Waals surface area contributed by atoms with Crippen molar-refractivity contribution in [2.45, 2.75) is 33.4 Å². The summed E-state index contributed by atoms with van der Waals surface area (Å²) in [7, 11) is 0. The summed E-state index contributed by atoms with van der Waals surface area (Å²) in [6.45, 7) is 7.10. The molecular weight excluding hydrogens is 378 g/mol. The van der Waals surface area contributed by atoms with Gasteiger partial charge in [0.2, 0.25) is 0 Å². The molecule has 23 heavy (non-hydrogen) atoms. The highest BCUT2D eigenvalue weighted by Gasteiger charge is 2.12. The Balaban J connectivity index is 2.17. The van der Waals surface area contributed by atoms with Crippen LogP contribution in [0.3, 0.4) is 0 Å². The van der Waals surface area contributed by atoms with Gasteiger partial charge in [0.1, 0.15) is 0 Å². The Hall–Kier alpha value is -1.39. The Kier molecular flexibility index (Phi) is 6.60. The second kappa shape index (κ2) is 8.46. The average Bonchev–Trinajstić information content (AvgIpc) is 2.50. The first-order valence-electron chi connectivity index (χ1n) is 7.61. The zero-order valence-electron chi connectivity index (χ0n) is 13.5. The summed E-state index contributed by atoms with van der Waals surface area (Å²) in [6, 6.07) is 11.8. The van der Waals surface area contributed by atoms with E-state index < -0.39 is 0 Å². The molecule has 0 spiro atoms. The number of hydrogen-bond acceptors (Lipinski definition) is 3. The molecule has 2 rings (SSSR count). The van der Waals surface area contributed by atoms with E-state index in [0.717, 1.165) is 21.5 Å². The summed E-state index contributed by atoms with van der Waals surface area (Å²) in [4.78, 5) is 0. The van der Waals surface area contributed by atoms with E-state index in [9.17, 15) is 0 Å². The largest absolute Gasteiger partial charge is 0.490 e. The number of ether oxygens (including phenoxy) is 2. The van der Waals surface area contributed by atoms with Gasteiger partial charge in [-0.25, -0.2) is 0 Å². The lowest BCUT2D eigenvalue weighted by Crippen LogP contribution is -2.08. The fourth-order valence-corrected chi connectivity index (χ4v) is 2.58. The summed E-state index contributed by atoms with van der Waals surface area (Å²) < 4.78 is 12.5. The molecule has 0 unspecified atom stereocenters. The van der Waals surface area contributed by atoms with Gasteiger partial charge in [0.05, 0.1) is 12.7 Å². The summed E-state index contributed by atoms with van der Waals surface area (Å²) in [5.41, 5.74) is 2.00. The van der Waals surface area contributed by atoms with Gasteiger partial charge in [-0.3, -0.25) is 0 Å².